The highest BCUT2D eigenvalue weighted by molar-refractivity contribution is 7.98. The molecule has 0 saturated carbocycles. The molecule has 4 amide bonds. The summed E-state index contributed by atoms with van der Waals surface area (Å²) in [4.78, 5) is 39.3. The van der Waals surface area contributed by atoms with E-state index in [1.807, 2.05) is 66.9 Å². The zero-order valence-corrected chi connectivity index (χ0v) is 20.9. The molecule has 1 aliphatic heterocycles. The molecular weight excluding hydrogens is 476 g/mol. The van der Waals surface area contributed by atoms with Crippen LogP contribution >= 0.6 is 11.8 Å². The van der Waals surface area contributed by atoms with Gasteiger partial charge in [0.2, 0.25) is 5.91 Å². The molecule has 9 heteroatoms. The highest BCUT2D eigenvalue weighted by Gasteiger charge is 2.31. The third kappa shape index (κ3) is 5.63. The van der Waals surface area contributed by atoms with E-state index in [0.29, 0.717) is 25.1 Å². The Morgan fingerprint density at radius 3 is 2.53 bits per heavy atom. The number of carbonyl (C=O) groups excluding carboxylic acids is 2. The number of rotatable bonds is 6. The Morgan fingerprint density at radius 1 is 1.08 bits per heavy atom. The molecule has 3 aromatic carbocycles. The average molecular weight is 505 g/mol. The van der Waals surface area contributed by atoms with Gasteiger partial charge in [-0.1, -0.05) is 42.5 Å². The molecule has 3 aromatic rings. The van der Waals surface area contributed by atoms with Gasteiger partial charge in [0, 0.05) is 23.2 Å². The number of fused-ring (bicyclic) bond motifs is 1. The number of nitrogens with one attached hydrogen (secondary N) is 3. The zero-order valence-electron chi connectivity index (χ0n) is 20.1. The second-order valence-electron chi connectivity index (χ2n) is 8.41. The van der Waals surface area contributed by atoms with Gasteiger partial charge in [-0.25, -0.2) is 9.59 Å². The minimum Gasteiger partial charge on any atom is -0.465 e. The number of carbonyl (C=O) groups is 3. The van der Waals surface area contributed by atoms with Crippen LogP contribution in [0.4, 0.5) is 21.0 Å². The van der Waals surface area contributed by atoms with Crippen LogP contribution in [-0.2, 0) is 17.8 Å². The van der Waals surface area contributed by atoms with Crippen LogP contribution < -0.4 is 20.9 Å². The maximum atomic E-state index is 13.4. The molecule has 0 fully saturated rings. The second kappa shape index (κ2) is 11.2. The number of urea groups is 1. The van der Waals surface area contributed by atoms with Crippen molar-refractivity contribution in [2.75, 3.05) is 23.5 Å². The topological polar surface area (TPSA) is 111 Å². The first-order chi connectivity index (χ1) is 17.4. The molecule has 0 spiro atoms. The number of nitrogens with zero attached hydrogens (tertiary/aromatic N) is 1. The van der Waals surface area contributed by atoms with E-state index in [4.69, 9.17) is 0 Å². The largest absolute Gasteiger partial charge is 0.465 e. The van der Waals surface area contributed by atoms with Crippen molar-refractivity contribution < 1.29 is 19.5 Å². The van der Waals surface area contributed by atoms with E-state index < -0.39 is 12.1 Å². The lowest BCUT2D eigenvalue weighted by Crippen LogP contribution is -2.47. The Labute approximate surface area is 214 Å². The molecule has 1 atom stereocenters. The lowest BCUT2D eigenvalue weighted by molar-refractivity contribution is -0.120. The summed E-state index contributed by atoms with van der Waals surface area (Å²) in [6, 6.07) is 20.2. The van der Waals surface area contributed by atoms with E-state index in [1.165, 1.54) is 0 Å². The number of benzene rings is 3. The van der Waals surface area contributed by atoms with Crippen molar-refractivity contribution in [1.29, 1.82) is 0 Å². The van der Waals surface area contributed by atoms with Crippen LogP contribution in [0.1, 0.15) is 17.5 Å². The van der Waals surface area contributed by atoms with Gasteiger partial charge >= 0.3 is 12.1 Å². The van der Waals surface area contributed by atoms with Gasteiger partial charge in [0.1, 0.15) is 6.04 Å². The van der Waals surface area contributed by atoms with E-state index in [-0.39, 0.29) is 11.9 Å². The average Bonchev–Trinajstić information content (AvgIpc) is 3.01. The standard InChI is InChI=1S/C27H28N4O4S/c1-28-26(33)29-22-6-4-3-5-21(22)18-9-7-17(8-10-18)16-31-24-14-12-20(36-2)15-19(24)11-13-23(25(31)32)30-27(34)35/h3-10,12,14-15,23,30H,11,13,16H2,1-2H3,(H,34,35)(H2,28,29,33)/t23-/m1/s1. The van der Waals surface area contributed by atoms with Gasteiger partial charge in [-0.2, -0.15) is 0 Å². The van der Waals surface area contributed by atoms with E-state index >= 15 is 0 Å². The van der Waals surface area contributed by atoms with Crippen molar-refractivity contribution in [3.63, 3.8) is 0 Å². The highest BCUT2D eigenvalue weighted by atomic mass is 32.2. The lowest BCUT2D eigenvalue weighted by atomic mass is 10.0. The third-order valence-corrected chi connectivity index (χ3v) is 6.87. The molecule has 0 saturated heterocycles. The number of hydrogen-bond donors (Lipinski definition) is 4. The van der Waals surface area contributed by atoms with Gasteiger partial charge in [-0.15, -0.1) is 11.8 Å². The number of aryl methyl sites for hydroxylation is 1. The first-order valence-corrected chi connectivity index (χ1v) is 12.8. The summed E-state index contributed by atoms with van der Waals surface area (Å²) in [5.74, 6) is -0.266. The van der Waals surface area contributed by atoms with Gasteiger partial charge in [0.25, 0.3) is 0 Å². The molecule has 0 radical (unpaired) electrons. The quantitative estimate of drug-likeness (QED) is 0.355. The number of thioether (sulfide) groups is 1. The fourth-order valence-electron chi connectivity index (χ4n) is 4.33. The summed E-state index contributed by atoms with van der Waals surface area (Å²) in [7, 11) is 1.56. The predicted molar refractivity (Wildman–Crippen MR) is 143 cm³/mol. The van der Waals surface area contributed by atoms with Gasteiger partial charge < -0.3 is 26.0 Å². The fraction of sp³-hybridized carbons (Fsp3) is 0.222. The lowest BCUT2D eigenvalue weighted by Gasteiger charge is -2.26. The molecule has 4 rings (SSSR count). The minimum atomic E-state index is -1.21. The summed E-state index contributed by atoms with van der Waals surface area (Å²) in [6.07, 6.45) is 1.79. The fourth-order valence-corrected chi connectivity index (χ4v) is 4.79. The summed E-state index contributed by atoms with van der Waals surface area (Å²) >= 11 is 1.63. The molecule has 0 aromatic heterocycles. The Bertz CT molecular complexity index is 1280. The van der Waals surface area contributed by atoms with Crippen molar-refractivity contribution in [1.82, 2.24) is 10.6 Å². The normalized spacial score (nSPS) is 15.0. The van der Waals surface area contributed by atoms with Crippen molar-refractivity contribution in [3.8, 4) is 11.1 Å². The van der Waals surface area contributed by atoms with Crippen LogP contribution in [0.5, 0.6) is 0 Å². The smallest absolute Gasteiger partial charge is 0.405 e. The van der Waals surface area contributed by atoms with E-state index in [9.17, 15) is 19.5 Å². The molecule has 1 heterocycles. The van der Waals surface area contributed by atoms with Crippen LogP contribution in [0.2, 0.25) is 0 Å². The predicted octanol–water partition coefficient (Wildman–Crippen LogP) is 4.94. The number of amides is 4. The maximum Gasteiger partial charge on any atom is 0.405 e. The summed E-state index contributed by atoms with van der Waals surface area (Å²) in [6.45, 7) is 0.306. The molecule has 186 valence electrons. The molecule has 1 aliphatic rings. The number of anilines is 2. The Kier molecular flexibility index (Phi) is 7.80. The molecule has 0 aliphatic carbocycles. The summed E-state index contributed by atoms with van der Waals surface area (Å²) in [5.41, 5.74) is 5.21. The monoisotopic (exact) mass is 504 g/mol. The van der Waals surface area contributed by atoms with Crippen LogP contribution in [0.15, 0.2) is 71.6 Å². The van der Waals surface area contributed by atoms with E-state index in [2.05, 4.69) is 22.0 Å². The van der Waals surface area contributed by atoms with Gasteiger partial charge in [0.15, 0.2) is 0 Å². The Balaban J connectivity index is 1.63. The summed E-state index contributed by atoms with van der Waals surface area (Å²) < 4.78 is 0. The number of carboxylic acid groups (broad SMARTS) is 1. The molecule has 8 nitrogen and oxygen atoms in total. The SMILES string of the molecule is CNC(=O)Nc1ccccc1-c1ccc(CN2C(=O)[C@H](NC(=O)O)CCc3cc(SC)ccc32)cc1. The van der Waals surface area contributed by atoms with Gasteiger partial charge in [-0.3, -0.25) is 4.79 Å². The van der Waals surface area contributed by atoms with Crippen molar-refractivity contribution >= 4 is 41.2 Å². The molecular formula is C27H28N4O4S. The van der Waals surface area contributed by atoms with Crippen LogP contribution in [0.3, 0.4) is 0 Å². The number of para-hydroxylation sites is 1. The van der Waals surface area contributed by atoms with Crippen LogP contribution in [0.25, 0.3) is 11.1 Å². The maximum absolute atomic E-state index is 13.4. The third-order valence-electron chi connectivity index (χ3n) is 6.15. The van der Waals surface area contributed by atoms with Crippen molar-refractivity contribution in [3.05, 3.63) is 77.9 Å². The van der Waals surface area contributed by atoms with E-state index in [1.54, 1.807) is 23.7 Å². The zero-order chi connectivity index (χ0) is 25.7. The van der Waals surface area contributed by atoms with Gasteiger partial charge in [0.05, 0.1) is 12.2 Å². The van der Waals surface area contributed by atoms with Gasteiger partial charge in [-0.05, 0) is 60.1 Å². The van der Waals surface area contributed by atoms with Crippen LogP contribution in [-0.4, -0.2) is 42.5 Å². The summed E-state index contributed by atoms with van der Waals surface area (Å²) in [5, 5.41) is 17.0. The molecule has 0 unspecified atom stereocenters. The van der Waals surface area contributed by atoms with Crippen molar-refractivity contribution in [2.45, 2.75) is 30.3 Å². The first-order valence-electron chi connectivity index (χ1n) is 11.5. The van der Waals surface area contributed by atoms with Crippen LogP contribution in [0, 0.1) is 0 Å². The Hall–Kier alpha value is -3.98. The first kappa shape index (κ1) is 25.1. The number of hydrogen-bond acceptors (Lipinski definition) is 4. The second-order valence-corrected chi connectivity index (χ2v) is 9.29. The van der Waals surface area contributed by atoms with E-state index in [0.717, 1.165) is 32.8 Å². The van der Waals surface area contributed by atoms with Crippen molar-refractivity contribution in [2.24, 2.45) is 0 Å². The minimum absolute atomic E-state index is 0.266. The molecule has 0 bridgehead atoms. The molecule has 36 heavy (non-hydrogen) atoms. The highest BCUT2D eigenvalue weighted by Crippen LogP contribution is 2.33. The Morgan fingerprint density at radius 2 is 1.83 bits per heavy atom. The molecule has 4 N–H and O–H groups in total.